The second kappa shape index (κ2) is 8.27. The zero-order valence-electron chi connectivity index (χ0n) is 14.8. The first-order chi connectivity index (χ1) is 13.3. The Labute approximate surface area is 162 Å². The molecule has 0 spiro atoms. The molecule has 4 rings (SSSR count). The Morgan fingerprint density at radius 1 is 1.22 bits per heavy atom. The van der Waals surface area contributed by atoms with E-state index in [0.717, 1.165) is 59.8 Å². The second-order valence-electron chi connectivity index (χ2n) is 6.23. The number of aromatic nitrogens is 2. The quantitative estimate of drug-likeness (QED) is 0.732. The zero-order valence-corrected chi connectivity index (χ0v) is 15.6. The predicted octanol–water partition coefficient (Wildman–Crippen LogP) is 3.65. The molecule has 3 aromatic rings. The fraction of sp³-hybridized carbons (Fsp3) is 0.250. The minimum Gasteiger partial charge on any atom is -0.379 e. The van der Waals surface area contributed by atoms with Crippen molar-refractivity contribution in [2.45, 2.75) is 6.54 Å². The first kappa shape index (κ1) is 17.6. The molecule has 0 radical (unpaired) electrons. The van der Waals surface area contributed by atoms with Crippen LogP contribution in [0.15, 0.2) is 48.8 Å². The normalized spacial score (nSPS) is 14.6. The predicted molar refractivity (Wildman–Crippen MR) is 106 cm³/mol. The van der Waals surface area contributed by atoms with Crippen LogP contribution in [0.1, 0.15) is 11.3 Å². The van der Waals surface area contributed by atoms with E-state index in [2.05, 4.69) is 21.3 Å². The largest absolute Gasteiger partial charge is 0.379 e. The number of ether oxygens (including phenoxy) is 1. The highest BCUT2D eigenvalue weighted by Crippen LogP contribution is 2.36. The van der Waals surface area contributed by atoms with E-state index >= 15 is 0 Å². The van der Waals surface area contributed by atoms with Crippen molar-refractivity contribution in [3.8, 4) is 16.5 Å². The standard InChI is InChI=1S/C20H19N5OS/c21-12-16-11-18(15-3-2-6-22-13-15)27-20(16)24-19-5-1-4-17(23-19)14-25-7-9-26-10-8-25/h1-6,11,13H,7-10,14H2,(H,23,24). The van der Waals surface area contributed by atoms with E-state index in [1.165, 1.54) is 11.3 Å². The van der Waals surface area contributed by atoms with Crippen molar-refractivity contribution in [2.24, 2.45) is 0 Å². The van der Waals surface area contributed by atoms with Gasteiger partial charge < -0.3 is 10.1 Å². The molecule has 3 aromatic heterocycles. The molecule has 1 fully saturated rings. The number of thiophene rings is 1. The molecule has 4 heterocycles. The third-order valence-corrected chi connectivity index (χ3v) is 5.44. The summed E-state index contributed by atoms with van der Waals surface area (Å²) in [5.41, 5.74) is 2.62. The molecule has 1 aliphatic rings. The number of hydrogen-bond donors (Lipinski definition) is 1. The molecule has 27 heavy (non-hydrogen) atoms. The minimum absolute atomic E-state index is 0.610. The van der Waals surface area contributed by atoms with Gasteiger partial charge in [-0.15, -0.1) is 11.3 Å². The average molecular weight is 377 g/mol. The fourth-order valence-corrected chi connectivity index (χ4v) is 3.97. The van der Waals surface area contributed by atoms with Gasteiger partial charge in [-0.2, -0.15) is 5.26 Å². The van der Waals surface area contributed by atoms with Gasteiger partial charge in [0.05, 0.1) is 24.5 Å². The summed E-state index contributed by atoms with van der Waals surface area (Å²) < 4.78 is 5.40. The van der Waals surface area contributed by atoms with Crippen molar-refractivity contribution >= 4 is 22.2 Å². The summed E-state index contributed by atoms with van der Waals surface area (Å²) >= 11 is 1.53. The van der Waals surface area contributed by atoms with Crippen LogP contribution in [0.4, 0.5) is 10.8 Å². The summed E-state index contributed by atoms with van der Waals surface area (Å²) in [7, 11) is 0. The van der Waals surface area contributed by atoms with Gasteiger partial charge in [-0.3, -0.25) is 9.88 Å². The van der Waals surface area contributed by atoms with Gasteiger partial charge in [0.1, 0.15) is 16.9 Å². The van der Waals surface area contributed by atoms with Gasteiger partial charge in [0.25, 0.3) is 0 Å². The lowest BCUT2D eigenvalue weighted by molar-refractivity contribution is 0.0337. The third kappa shape index (κ3) is 4.31. The topological polar surface area (TPSA) is 74.1 Å². The molecular weight excluding hydrogens is 358 g/mol. The van der Waals surface area contributed by atoms with E-state index in [0.29, 0.717) is 5.56 Å². The number of morpholine rings is 1. The summed E-state index contributed by atoms with van der Waals surface area (Å²) in [6.45, 7) is 4.20. The van der Waals surface area contributed by atoms with Crippen LogP contribution in [0.25, 0.3) is 10.4 Å². The number of nitriles is 1. The molecule has 0 unspecified atom stereocenters. The molecule has 1 N–H and O–H groups in total. The molecule has 0 saturated carbocycles. The van der Waals surface area contributed by atoms with Crippen molar-refractivity contribution in [3.63, 3.8) is 0 Å². The number of nitrogens with zero attached hydrogens (tertiary/aromatic N) is 4. The maximum absolute atomic E-state index is 9.49. The van der Waals surface area contributed by atoms with Gasteiger partial charge in [-0.05, 0) is 24.3 Å². The van der Waals surface area contributed by atoms with Crippen LogP contribution < -0.4 is 5.32 Å². The van der Waals surface area contributed by atoms with E-state index < -0.39 is 0 Å². The number of hydrogen-bond acceptors (Lipinski definition) is 7. The Morgan fingerprint density at radius 3 is 2.89 bits per heavy atom. The lowest BCUT2D eigenvalue weighted by Gasteiger charge is -2.26. The maximum Gasteiger partial charge on any atom is 0.131 e. The van der Waals surface area contributed by atoms with Gasteiger partial charge in [0.2, 0.25) is 0 Å². The molecule has 6 nitrogen and oxygen atoms in total. The zero-order chi connectivity index (χ0) is 18.5. The van der Waals surface area contributed by atoms with Gasteiger partial charge in [-0.1, -0.05) is 12.1 Å². The summed E-state index contributed by atoms with van der Waals surface area (Å²) in [6.07, 6.45) is 3.54. The van der Waals surface area contributed by atoms with Crippen molar-refractivity contribution < 1.29 is 4.74 Å². The van der Waals surface area contributed by atoms with Crippen LogP contribution >= 0.6 is 11.3 Å². The molecule has 7 heteroatoms. The van der Waals surface area contributed by atoms with Gasteiger partial charge in [0, 0.05) is 42.5 Å². The smallest absolute Gasteiger partial charge is 0.131 e. The summed E-state index contributed by atoms with van der Waals surface area (Å²) in [6, 6.07) is 14.0. The molecule has 0 aliphatic carbocycles. The SMILES string of the molecule is N#Cc1cc(-c2cccnc2)sc1Nc1cccc(CN2CCOCC2)n1. The van der Waals surface area contributed by atoms with E-state index in [1.54, 1.807) is 12.4 Å². The van der Waals surface area contributed by atoms with E-state index in [-0.39, 0.29) is 0 Å². The van der Waals surface area contributed by atoms with Crippen LogP contribution in [0.3, 0.4) is 0 Å². The maximum atomic E-state index is 9.49. The summed E-state index contributed by atoms with van der Waals surface area (Å²) in [5.74, 6) is 0.747. The fourth-order valence-electron chi connectivity index (χ4n) is 2.96. The molecule has 0 amide bonds. The lowest BCUT2D eigenvalue weighted by atomic mass is 10.2. The Morgan fingerprint density at radius 2 is 2.11 bits per heavy atom. The number of anilines is 2. The Hall–Kier alpha value is -2.79. The highest BCUT2D eigenvalue weighted by Gasteiger charge is 2.13. The van der Waals surface area contributed by atoms with Crippen molar-refractivity contribution in [1.29, 1.82) is 5.26 Å². The van der Waals surface area contributed by atoms with Crippen LogP contribution in [-0.4, -0.2) is 41.2 Å². The molecule has 1 saturated heterocycles. The van der Waals surface area contributed by atoms with E-state index in [9.17, 15) is 5.26 Å². The highest BCUT2D eigenvalue weighted by molar-refractivity contribution is 7.19. The molecule has 0 atom stereocenters. The van der Waals surface area contributed by atoms with Crippen LogP contribution in [0.2, 0.25) is 0 Å². The van der Waals surface area contributed by atoms with E-state index in [4.69, 9.17) is 9.72 Å². The minimum atomic E-state index is 0.610. The summed E-state index contributed by atoms with van der Waals surface area (Å²) in [5, 5.41) is 13.6. The lowest BCUT2D eigenvalue weighted by Crippen LogP contribution is -2.35. The van der Waals surface area contributed by atoms with Crippen LogP contribution in [-0.2, 0) is 11.3 Å². The molecule has 0 aromatic carbocycles. The Kier molecular flexibility index (Phi) is 5.39. The average Bonchev–Trinajstić information content (AvgIpc) is 3.12. The Bertz CT molecular complexity index is 945. The first-order valence-electron chi connectivity index (χ1n) is 8.79. The van der Waals surface area contributed by atoms with Gasteiger partial charge in [-0.25, -0.2) is 4.98 Å². The van der Waals surface area contributed by atoms with E-state index in [1.807, 2.05) is 36.4 Å². The monoisotopic (exact) mass is 377 g/mol. The van der Waals surface area contributed by atoms with Crippen molar-refractivity contribution in [1.82, 2.24) is 14.9 Å². The number of rotatable bonds is 5. The highest BCUT2D eigenvalue weighted by atomic mass is 32.1. The van der Waals surface area contributed by atoms with Crippen molar-refractivity contribution in [2.75, 3.05) is 31.6 Å². The number of pyridine rings is 2. The Balaban J connectivity index is 1.53. The van der Waals surface area contributed by atoms with Gasteiger partial charge in [0.15, 0.2) is 0 Å². The molecule has 0 bridgehead atoms. The summed E-state index contributed by atoms with van der Waals surface area (Å²) in [4.78, 5) is 12.2. The first-order valence-corrected chi connectivity index (χ1v) is 9.61. The molecule has 1 aliphatic heterocycles. The number of nitrogens with one attached hydrogen (secondary N) is 1. The second-order valence-corrected chi connectivity index (χ2v) is 7.29. The van der Waals surface area contributed by atoms with Crippen LogP contribution in [0.5, 0.6) is 0 Å². The van der Waals surface area contributed by atoms with Gasteiger partial charge >= 0.3 is 0 Å². The molecule has 136 valence electrons. The van der Waals surface area contributed by atoms with Crippen molar-refractivity contribution in [3.05, 3.63) is 60.0 Å². The third-order valence-electron chi connectivity index (χ3n) is 4.34. The van der Waals surface area contributed by atoms with Crippen LogP contribution in [0, 0.1) is 11.3 Å². The molecular formula is C20H19N5OS.